The van der Waals surface area contributed by atoms with Crippen LogP contribution in [0.3, 0.4) is 0 Å². The maximum absolute atomic E-state index is 11.9. The van der Waals surface area contributed by atoms with Gasteiger partial charge in [-0.25, -0.2) is 13.1 Å². The second-order valence-corrected chi connectivity index (χ2v) is 8.25. The van der Waals surface area contributed by atoms with Crippen molar-refractivity contribution >= 4 is 32.4 Å². The molecule has 0 aliphatic carbocycles. The van der Waals surface area contributed by atoms with Crippen molar-refractivity contribution in [3.05, 3.63) is 0 Å². The van der Waals surface area contributed by atoms with Crippen LogP contribution in [0.4, 0.5) is 5.13 Å². The molecule has 0 saturated carbocycles. The fourth-order valence-corrected chi connectivity index (χ4v) is 3.11. The van der Waals surface area contributed by atoms with Gasteiger partial charge in [0.25, 0.3) is 10.0 Å². The fraction of sp³-hybridized carbons (Fsp3) is 0.727. The summed E-state index contributed by atoms with van der Waals surface area (Å²) in [4.78, 5) is 11.8. The Morgan fingerprint density at radius 2 is 1.95 bits per heavy atom. The van der Waals surface area contributed by atoms with Crippen LogP contribution in [0.25, 0.3) is 0 Å². The Balaban J connectivity index is 2.74. The third-order valence-corrected chi connectivity index (χ3v) is 5.03. The van der Waals surface area contributed by atoms with Crippen LogP contribution in [0, 0.1) is 5.41 Å². The lowest BCUT2D eigenvalue weighted by molar-refractivity contribution is -0.123. The second kappa shape index (κ2) is 6.59. The fourth-order valence-electron chi connectivity index (χ4n) is 1.10. The van der Waals surface area contributed by atoms with Crippen molar-refractivity contribution in [3.63, 3.8) is 0 Å². The van der Waals surface area contributed by atoms with E-state index in [0.29, 0.717) is 6.54 Å². The number of hydrogen-bond donors (Lipinski definition) is 2. The molecule has 7 nitrogen and oxygen atoms in total. The normalized spacial score (nSPS) is 12.4. The summed E-state index contributed by atoms with van der Waals surface area (Å²) >= 11 is 0.838. The van der Waals surface area contributed by atoms with E-state index >= 15 is 0 Å². The molecular weight excluding hydrogens is 300 g/mol. The average molecular weight is 320 g/mol. The predicted octanol–water partition coefficient (Wildman–Crippen LogP) is 1.60. The molecule has 0 saturated heterocycles. The minimum Gasteiger partial charge on any atom is -0.300 e. The van der Waals surface area contributed by atoms with Gasteiger partial charge in [-0.05, 0) is 6.42 Å². The van der Waals surface area contributed by atoms with E-state index in [2.05, 4.69) is 20.2 Å². The molecule has 0 atom stereocenters. The van der Waals surface area contributed by atoms with Gasteiger partial charge >= 0.3 is 0 Å². The molecule has 0 aliphatic rings. The molecule has 114 valence electrons. The van der Waals surface area contributed by atoms with Crippen LogP contribution in [0.2, 0.25) is 0 Å². The van der Waals surface area contributed by atoms with E-state index in [1.807, 2.05) is 6.92 Å². The van der Waals surface area contributed by atoms with E-state index in [4.69, 9.17) is 0 Å². The minimum absolute atomic E-state index is 0.141. The molecule has 0 aromatic carbocycles. The first kappa shape index (κ1) is 17.0. The van der Waals surface area contributed by atoms with Crippen molar-refractivity contribution in [3.8, 4) is 0 Å². The van der Waals surface area contributed by atoms with Gasteiger partial charge < -0.3 is 5.32 Å². The summed E-state index contributed by atoms with van der Waals surface area (Å²) in [5.74, 6) is -0.239. The first-order chi connectivity index (χ1) is 9.16. The first-order valence-corrected chi connectivity index (χ1v) is 8.61. The highest BCUT2D eigenvalue weighted by Crippen LogP contribution is 2.22. The quantitative estimate of drug-likeness (QED) is 0.612. The highest BCUT2D eigenvalue weighted by molar-refractivity contribution is 7.91. The lowest BCUT2D eigenvalue weighted by Crippen LogP contribution is -2.27. The Hall–Kier alpha value is -1.06. The van der Waals surface area contributed by atoms with Crippen molar-refractivity contribution in [2.75, 3.05) is 11.9 Å². The number of hydrogen-bond acceptors (Lipinski definition) is 6. The first-order valence-electron chi connectivity index (χ1n) is 6.31. The number of sulfonamides is 1. The predicted molar refractivity (Wildman–Crippen MR) is 78.1 cm³/mol. The summed E-state index contributed by atoms with van der Waals surface area (Å²) in [6, 6.07) is 0. The molecule has 0 spiro atoms. The maximum atomic E-state index is 11.9. The Morgan fingerprint density at radius 3 is 2.50 bits per heavy atom. The number of nitrogens with one attached hydrogen (secondary N) is 2. The summed E-state index contributed by atoms with van der Waals surface area (Å²) in [6.45, 7) is 7.61. The van der Waals surface area contributed by atoms with Gasteiger partial charge in [0.15, 0.2) is 0 Å². The van der Waals surface area contributed by atoms with Gasteiger partial charge in [0.2, 0.25) is 15.4 Å². The minimum atomic E-state index is -3.64. The maximum Gasteiger partial charge on any atom is 0.269 e. The number of unbranched alkanes of at least 4 members (excludes halogenated alkanes) is 1. The smallest absolute Gasteiger partial charge is 0.269 e. The molecule has 0 aliphatic heterocycles. The number of rotatable bonds is 6. The number of aromatic nitrogens is 2. The zero-order chi connectivity index (χ0) is 15.4. The third kappa shape index (κ3) is 4.80. The van der Waals surface area contributed by atoms with E-state index in [-0.39, 0.29) is 15.4 Å². The Morgan fingerprint density at radius 1 is 1.30 bits per heavy atom. The molecule has 1 aromatic heterocycles. The van der Waals surface area contributed by atoms with Crippen molar-refractivity contribution in [1.29, 1.82) is 0 Å². The zero-order valence-corrected chi connectivity index (χ0v) is 13.7. The highest BCUT2D eigenvalue weighted by Gasteiger charge is 2.24. The van der Waals surface area contributed by atoms with E-state index in [9.17, 15) is 13.2 Å². The number of nitrogens with zero attached hydrogens (tertiary/aromatic N) is 2. The van der Waals surface area contributed by atoms with Crippen molar-refractivity contribution in [2.45, 2.75) is 44.9 Å². The summed E-state index contributed by atoms with van der Waals surface area (Å²) in [5.41, 5.74) is -0.579. The van der Waals surface area contributed by atoms with Crippen molar-refractivity contribution in [1.82, 2.24) is 14.9 Å². The largest absolute Gasteiger partial charge is 0.300 e. The number of carbonyl (C=O) groups is 1. The molecule has 0 bridgehead atoms. The Bertz CT molecular complexity index is 560. The molecule has 1 heterocycles. The van der Waals surface area contributed by atoms with Gasteiger partial charge in [-0.2, -0.15) is 0 Å². The van der Waals surface area contributed by atoms with Crippen LogP contribution < -0.4 is 10.0 Å². The molecule has 1 rings (SSSR count). The summed E-state index contributed by atoms with van der Waals surface area (Å²) in [7, 11) is -3.64. The van der Waals surface area contributed by atoms with E-state index in [0.717, 1.165) is 24.2 Å². The number of anilines is 1. The SMILES string of the molecule is CCCCNS(=O)(=O)c1nnc(NC(=O)C(C)(C)C)s1. The molecule has 0 unspecified atom stereocenters. The van der Waals surface area contributed by atoms with Crippen LogP contribution in [-0.2, 0) is 14.8 Å². The zero-order valence-electron chi connectivity index (χ0n) is 12.1. The van der Waals surface area contributed by atoms with Crippen molar-refractivity contribution < 1.29 is 13.2 Å². The van der Waals surface area contributed by atoms with Crippen LogP contribution in [-0.4, -0.2) is 31.1 Å². The van der Waals surface area contributed by atoms with Crippen LogP contribution in [0.15, 0.2) is 4.34 Å². The van der Waals surface area contributed by atoms with E-state index < -0.39 is 15.4 Å². The molecule has 0 radical (unpaired) electrons. The molecule has 1 aromatic rings. The summed E-state index contributed by atoms with van der Waals surface area (Å²) < 4.78 is 26.1. The van der Waals surface area contributed by atoms with Gasteiger partial charge in [-0.1, -0.05) is 45.5 Å². The van der Waals surface area contributed by atoms with Gasteiger partial charge in [0.05, 0.1) is 0 Å². The van der Waals surface area contributed by atoms with Gasteiger partial charge in [0.1, 0.15) is 0 Å². The van der Waals surface area contributed by atoms with E-state index in [1.54, 1.807) is 20.8 Å². The lowest BCUT2D eigenvalue weighted by Gasteiger charge is -2.15. The summed E-state index contributed by atoms with van der Waals surface area (Å²) in [6.07, 6.45) is 1.65. The molecule has 2 N–H and O–H groups in total. The monoisotopic (exact) mass is 320 g/mol. The number of carbonyl (C=O) groups excluding carboxylic acids is 1. The topological polar surface area (TPSA) is 101 Å². The average Bonchev–Trinajstić information content (AvgIpc) is 2.77. The van der Waals surface area contributed by atoms with E-state index in [1.165, 1.54) is 0 Å². The number of amides is 1. The molecular formula is C11H20N4O3S2. The molecule has 9 heteroatoms. The summed E-state index contributed by atoms with van der Waals surface area (Å²) in [5, 5.41) is 10.0. The van der Waals surface area contributed by atoms with Crippen LogP contribution in [0.5, 0.6) is 0 Å². The Kier molecular flexibility index (Phi) is 5.60. The highest BCUT2D eigenvalue weighted by atomic mass is 32.2. The standard InChI is InChI=1S/C11H20N4O3S2/c1-5-6-7-12-20(17,18)10-15-14-9(19-10)13-8(16)11(2,3)4/h12H,5-7H2,1-4H3,(H,13,14,16). The third-order valence-electron chi connectivity index (χ3n) is 2.36. The van der Waals surface area contributed by atoms with Crippen LogP contribution in [0.1, 0.15) is 40.5 Å². The molecule has 20 heavy (non-hydrogen) atoms. The molecule has 1 amide bonds. The van der Waals surface area contributed by atoms with Gasteiger partial charge in [-0.15, -0.1) is 10.2 Å². The van der Waals surface area contributed by atoms with Crippen LogP contribution >= 0.6 is 11.3 Å². The van der Waals surface area contributed by atoms with Gasteiger partial charge in [-0.3, -0.25) is 4.79 Å². The second-order valence-electron chi connectivity index (χ2n) is 5.33. The lowest BCUT2D eigenvalue weighted by atomic mass is 9.96. The van der Waals surface area contributed by atoms with Crippen molar-refractivity contribution in [2.24, 2.45) is 5.41 Å². The molecule has 0 fully saturated rings. The van der Waals surface area contributed by atoms with Gasteiger partial charge in [0, 0.05) is 12.0 Å². The Labute approximate surface area is 123 Å².